The normalized spacial score (nSPS) is 27.7. The highest BCUT2D eigenvalue weighted by Crippen LogP contribution is 2.35. The lowest BCUT2D eigenvalue weighted by Gasteiger charge is -2.38. The van der Waals surface area contributed by atoms with Crippen molar-refractivity contribution in [3.8, 4) is 0 Å². The summed E-state index contributed by atoms with van der Waals surface area (Å²) in [7, 11) is 0. The van der Waals surface area contributed by atoms with Crippen LogP contribution in [0.2, 0.25) is 0 Å². The maximum absolute atomic E-state index is 11.9. The van der Waals surface area contributed by atoms with Crippen molar-refractivity contribution in [3.05, 3.63) is 22.4 Å². The van der Waals surface area contributed by atoms with Crippen LogP contribution < -0.4 is 5.32 Å². The van der Waals surface area contributed by atoms with Crippen molar-refractivity contribution in [2.75, 3.05) is 0 Å². The highest BCUT2D eigenvalue weighted by atomic mass is 32.1. The van der Waals surface area contributed by atoms with Crippen molar-refractivity contribution in [1.82, 2.24) is 5.32 Å². The van der Waals surface area contributed by atoms with Gasteiger partial charge in [-0.05, 0) is 36.1 Å². The van der Waals surface area contributed by atoms with Crippen molar-refractivity contribution in [1.29, 1.82) is 0 Å². The number of carbonyl (C=O) groups excluding carboxylic acids is 1. The van der Waals surface area contributed by atoms with E-state index in [9.17, 15) is 9.90 Å². The molecule has 0 aliphatic heterocycles. The lowest BCUT2D eigenvalue weighted by Crippen LogP contribution is -2.44. The summed E-state index contributed by atoms with van der Waals surface area (Å²) in [6.45, 7) is 4.28. The summed E-state index contributed by atoms with van der Waals surface area (Å²) in [5.74, 6) is -0.0186. The molecule has 2 unspecified atom stereocenters. The van der Waals surface area contributed by atoms with E-state index >= 15 is 0 Å². The standard InChI is InChI=1S/C13H19NO2S/c1-13(2)7-9(6-10(15)8-13)14-12(16)11-4-3-5-17-11/h3-5,9-10,15H,6-8H2,1-2H3,(H,14,16). The molecule has 1 aliphatic rings. The fourth-order valence-corrected chi connectivity index (χ4v) is 3.28. The molecule has 2 rings (SSSR count). The molecule has 0 bridgehead atoms. The van der Waals surface area contributed by atoms with Crippen molar-refractivity contribution in [3.63, 3.8) is 0 Å². The van der Waals surface area contributed by atoms with Crippen LogP contribution in [0.15, 0.2) is 17.5 Å². The van der Waals surface area contributed by atoms with Crippen molar-refractivity contribution in [2.45, 2.75) is 45.3 Å². The van der Waals surface area contributed by atoms with Crippen LogP contribution in [0.1, 0.15) is 42.8 Å². The molecule has 94 valence electrons. The second-order valence-corrected chi connectivity index (χ2v) is 6.56. The van der Waals surface area contributed by atoms with Gasteiger partial charge < -0.3 is 10.4 Å². The lowest BCUT2D eigenvalue weighted by atomic mass is 9.74. The highest BCUT2D eigenvalue weighted by molar-refractivity contribution is 7.12. The molecule has 0 radical (unpaired) electrons. The third-order valence-corrected chi connectivity index (χ3v) is 4.09. The Balaban J connectivity index is 1.97. The van der Waals surface area contributed by atoms with E-state index in [1.54, 1.807) is 0 Å². The SMILES string of the molecule is CC1(C)CC(O)CC(NC(=O)c2cccs2)C1. The Labute approximate surface area is 106 Å². The van der Waals surface area contributed by atoms with E-state index < -0.39 is 0 Å². The van der Waals surface area contributed by atoms with Gasteiger partial charge in [0, 0.05) is 6.04 Å². The summed E-state index contributed by atoms with van der Waals surface area (Å²) >= 11 is 1.45. The third kappa shape index (κ3) is 3.30. The van der Waals surface area contributed by atoms with Crippen molar-refractivity contribution in [2.24, 2.45) is 5.41 Å². The van der Waals surface area contributed by atoms with Crippen LogP contribution in [0.5, 0.6) is 0 Å². The van der Waals surface area contributed by atoms with Crippen LogP contribution in [0.3, 0.4) is 0 Å². The van der Waals surface area contributed by atoms with Gasteiger partial charge in [0.05, 0.1) is 11.0 Å². The minimum absolute atomic E-state index is 0.0186. The zero-order valence-corrected chi connectivity index (χ0v) is 11.1. The van der Waals surface area contributed by atoms with Gasteiger partial charge in [0.1, 0.15) is 0 Å². The Morgan fingerprint density at radius 2 is 2.29 bits per heavy atom. The number of nitrogens with one attached hydrogen (secondary N) is 1. The monoisotopic (exact) mass is 253 g/mol. The molecular formula is C13H19NO2S. The average Bonchev–Trinajstić information content (AvgIpc) is 2.65. The average molecular weight is 253 g/mol. The Kier molecular flexibility index (Phi) is 3.54. The zero-order chi connectivity index (χ0) is 12.5. The Morgan fingerprint density at radius 1 is 1.53 bits per heavy atom. The van der Waals surface area contributed by atoms with Gasteiger partial charge in [-0.15, -0.1) is 11.3 Å². The molecular weight excluding hydrogens is 234 g/mol. The zero-order valence-electron chi connectivity index (χ0n) is 10.3. The first-order valence-corrected chi connectivity index (χ1v) is 6.87. The molecule has 4 heteroatoms. The number of hydrogen-bond donors (Lipinski definition) is 2. The van der Waals surface area contributed by atoms with Crippen LogP contribution in [-0.4, -0.2) is 23.2 Å². The maximum atomic E-state index is 11.9. The van der Waals surface area contributed by atoms with Gasteiger partial charge in [-0.25, -0.2) is 0 Å². The summed E-state index contributed by atoms with van der Waals surface area (Å²) in [5, 5.41) is 14.7. The summed E-state index contributed by atoms with van der Waals surface area (Å²) in [4.78, 5) is 12.6. The van der Waals surface area contributed by atoms with E-state index in [1.165, 1.54) is 11.3 Å². The fraction of sp³-hybridized carbons (Fsp3) is 0.615. The molecule has 2 N–H and O–H groups in total. The van der Waals surface area contributed by atoms with Gasteiger partial charge in [-0.1, -0.05) is 19.9 Å². The first kappa shape index (κ1) is 12.6. The first-order chi connectivity index (χ1) is 7.96. The maximum Gasteiger partial charge on any atom is 0.261 e. The van der Waals surface area contributed by atoms with Crippen molar-refractivity contribution < 1.29 is 9.90 Å². The topological polar surface area (TPSA) is 49.3 Å². The number of carbonyl (C=O) groups is 1. The van der Waals surface area contributed by atoms with E-state index in [0.29, 0.717) is 6.42 Å². The number of hydrogen-bond acceptors (Lipinski definition) is 3. The smallest absolute Gasteiger partial charge is 0.261 e. The molecule has 3 nitrogen and oxygen atoms in total. The second-order valence-electron chi connectivity index (χ2n) is 5.61. The van der Waals surface area contributed by atoms with Gasteiger partial charge in [-0.3, -0.25) is 4.79 Å². The summed E-state index contributed by atoms with van der Waals surface area (Å²) in [6.07, 6.45) is 2.12. The Hall–Kier alpha value is -0.870. The van der Waals surface area contributed by atoms with E-state index in [4.69, 9.17) is 0 Å². The highest BCUT2D eigenvalue weighted by Gasteiger charge is 2.33. The summed E-state index contributed by atoms with van der Waals surface area (Å²) in [5.41, 5.74) is 0.102. The van der Waals surface area contributed by atoms with E-state index in [1.807, 2.05) is 17.5 Å². The lowest BCUT2D eigenvalue weighted by molar-refractivity contribution is 0.0451. The first-order valence-electron chi connectivity index (χ1n) is 5.99. The largest absolute Gasteiger partial charge is 0.393 e. The van der Waals surface area contributed by atoms with Gasteiger partial charge in [0.15, 0.2) is 0 Å². The predicted octanol–water partition coefficient (Wildman–Crippen LogP) is 2.42. The Morgan fingerprint density at radius 3 is 2.88 bits per heavy atom. The van der Waals surface area contributed by atoms with Crippen LogP contribution in [0.25, 0.3) is 0 Å². The second kappa shape index (κ2) is 4.78. The molecule has 1 amide bonds. The number of aliphatic hydroxyl groups is 1. The number of aliphatic hydroxyl groups excluding tert-OH is 1. The molecule has 1 heterocycles. The molecule has 1 aliphatic carbocycles. The Bertz CT molecular complexity index is 386. The molecule has 1 fully saturated rings. The van der Waals surface area contributed by atoms with Crippen molar-refractivity contribution >= 4 is 17.2 Å². The van der Waals surface area contributed by atoms with Gasteiger partial charge >= 0.3 is 0 Å². The fourth-order valence-electron chi connectivity index (χ4n) is 2.66. The van der Waals surface area contributed by atoms with E-state index in [-0.39, 0.29) is 23.5 Å². The molecule has 17 heavy (non-hydrogen) atoms. The van der Waals surface area contributed by atoms with Crippen LogP contribution >= 0.6 is 11.3 Å². The number of thiophene rings is 1. The predicted molar refractivity (Wildman–Crippen MR) is 69.2 cm³/mol. The molecule has 0 saturated heterocycles. The van der Waals surface area contributed by atoms with Crippen LogP contribution in [0, 0.1) is 5.41 Å². The van der Waals surface area contributed by atoms with Gasteiger partial charge in [0.2, 0.25) is 0 Å². The molecule has 2 atom stereocenters. The van der Waals surface area contributed by atoms with Gasteiger partial charge in [0.25, 0.3) is 5.91 Å². The summed E-state index contributed by atoms with van der Waals surface area (Å²) in [6, 6.07) is 3.78. The third-order valence-electron chi connectivity index (χ3n) is 3.22. The molecule has 1 aromatic rings. The minimum Gasteiger partial charge on any atom is -0.393 e. The van der Waals surface area contributed by atoms with Crippen LogP contribution in [0.4, 0.5) is 0 Å². The molecule has 0 aromatic carbocycles. The number of rotatable bonds is 2. The van der Waals surface area contributed by atoms with Crippen LogP contribution in [-0.2, 0) is 0 Å². The van der Waals surface area contributed by atoms with E-state index in [2.05, 4.69) is 19.2 Å². The summed E-state index contributed by atoms with van der Waals surface area (Å²) < 4.78 is 0. The van der Waals surface area contributed by atoms with Gasteiger partial charge in [-0.2, -0.15) is 0 Å². The molecule has 0 spiro atoms. The quantitative estimate of drug-likeness (QED) is 0.850. The molecule has 1 saturated carbocycles. The number of amides is 1. The van der Waals surface area contributed by atoms with E-state index in [0.717, 1.165) is 17.7 Å². The minimum atomic E-state index is -0.299. The molecule has 1 aromatic heterocycles.